The summed E-state index contributed by atoms with van der Waals surface area (Å²) in [6.07, 6.45) is 3.19. The van der Waals surface area contributed by atoms with Crippen molar-refractivity contribution >= 4 is 12.4 Å². The summed E-state index contributed by atoms with van der Waals surface area (Å²) in [6, 6.07) is 6.92. The summed E-state index contributed by atoms with van der Waals surface area (Å²) in [7, 11) is 0. The topological polar surface area (TPSA) is 51.8 Å². The molecule has 0 aliphatic rings. The second-order valence-corrected chi connectivity index (χ2v) is 3.79. The molecule has 0 atom stereocenters. The van der Waals surface area contributed by atoms with Crippen molar-refractivity contribution in [3.05, 3.63) is 54.4 Å². The smallest absolute Gasteiger partial charge is 0.259 e. The Kier molecular flexibility index (Phi) is 4.05. The third-order valence-corrected chi connectivity index (χ3v) is 2.51. The highest BCUT2D eigenvalue weighted by Crippen LogP contribution is 2.22. The number of nitrogens with zero attached hydrogens (tertiary/aromatic N) is 3. The fraction of sp³-hybridized carbons (Fsp3) is 0. The lowest BCUT2D eigenvalue weighted by Crippen LogP contribution is -1.87. The lowest BCUT2D eigenvalue weighted by molar-refractivity contribution is 0.432. The van der Waals surface area contributed by atoms with Crippen LogP contribution in [0.15, 0.2) is 47.2 Å². The summed E-state index contributed by atoms with van der Waals surface area (Å²) in [5, 5.41) is 3.73. The molecule has 20 heavy (non-hydrogen) atoms. The highest BCUT2D eigenvalue weighted by atomic mass is 35.5. The van der Waals surface area contributed by atoms with Crippen LogP contribution < -0.4 is 0 Å². The molecule has 0 N–H and O–H groups in total. The molecule has 0 saturated carbocycles. The Hall–Kier alpha value is -2.34. The molecule has 0 aliphatic heterocycles. The number of aromatic nitrogens is 3. The molecule has 0 spiro atoms. The molecule has 0 aliphatic carbocycles. The Morgan fingerprint density at radius 2 is 1.85 bits per heavy atom. The van der Waals surface area contributed by atoms with Crippen molar-refractivity contribution in [3.8, 4) is 22.8 Å². The van der Waals surface area contributed by atoms with Crippen LogP contribution in [-0.4, -0.2) is 15.1 Å². The van der Waals surface area contributed by atoms with Crippen molar-refractivity contribution in [1.29, 1.82) is 0 Å². The summed E-state index contributed by atoms with van der Waals surface area (Å²) < 4.78 is 31.0. The van der Waals surface area contributed by atoms with Gasteiger partial charge < -0.3 is 4.52 Å². The zero-order chi connectivity index (χ0) is 13.2. The largest absolute Gasteiger partial charge is 0.334 e. The van der Waals surface area contributed by atoms with Gasteiger partial charge in [0.1, 0.15) is 0 Å². The minimum Gasteiger partial charge on any atom is -0.334 e. The van der Waals surface area contributed by atoms with Gasteiger partial charge in [0.2, 0.25) is 5.82 Å². The van der Waals surface area contributed by atoms with Gasteiger partial charge in [-0.2, -0.15) is 4.98 Å². The molecule has 0 unspecified atom stereocenters. The molecule has 0 radical (unpaired) electrons. The summed E-state index contributed by atoms with van der Waals surface area (Å²) >= 11 is 0. The van der Waals surface area contributed by atoms with Crippen LogP contribution in [0.2, 0.25) is 0 Å². The molecule has 3 aromatic rings. The fourth-order valence-corrected chi connectivity index (χ4v) is 1.58. The van der Waals surface area contributed by atoms with E-state index in [0.29, 0.717) is 11.1 Å². The van der Waals surface area contributed by atoms with Gasteiger partial charge in [-0.3, -0.25) is 4.98 Å². The zero-order valence-corrected chi connectivity index (χ0v) is 10.8. The van der Waals surface area contributed by atoms with Crippen LogP contribution in [0.5, 0.6) is 0 Å². The molecule has 102 valence electrons. The lowest BCUT2D eigenvalue weighted by Gasteiger charge is -1.95. The predicted molar refractivity (Wildman–Crippen MR) is 70.1 cm³/mol. The fourth-order valence-electron chi connectivity index (χ4n) is 1.58. The standard InChI is InChI=1S/C13H7F2N3O.ClH/c14-10-4-3-8(6-11(10)15)12-17-13(19-18-12)9-2-1-5-16-7-9;/h1-7H;1H. The first-order valence-electron chi connectivity index (χ1n) is 5.43. The van der Waals surface area contributed by atoms with E-state index in [1.807, 2.05) is 0 Å². The highest BCUT2D eigenvalue weighted by Gasteiger charge is 2.12. The van der Waals surface area contributed by atoms with Crippen LogP contribution in [0.4, 0.5) is 8.78 Å². The molecule has 3 rings (SSSR count). The van der Waals surface area contributed by atoms with Crippen molar-refractivity contribution in [3.63, 3.8) is 0 Å². The summed E-state index contributed by atoms with van der Waals surface area (Å²) in [6.45, 7) is 0. The summed E-state index contributed by atoms with van der Waals surface area (Å²) in [4.78, 5) is 8.05. The molecular formula is C13H8ClF2N3O. The van der Waals surface area contributed by atoms with Gasteiger partial charge in [-0.25, -0.2) is 8.78 Å². The predicted octanol–water partition coefficient (Wildman–Crippen LogP) is 3.50. The van der Waals surface area contributed by atoms with E-state index in [-0.39, 0.29) is 24.1 Å². The van der Waals surface area contributed by atoms with E-state index in [2.05, 4.69) is 15.1 Å². The van der Waals surface area contributed by atoms with Gasteiger partial charge in [0.25, 0.3) is 5.89 Å². The molecule has 2 aromatic heterocycles. The van der Waals surface area contributed by atoms with Gasteiger partial charge in [0.15, 0.2) is 11.6 Å². The number of halogens is 3. The molecule has 7 heteroatoms. The first kappa shape index (κ1) is 14.1. The summed E-state index contributed by atoms with van der Waals surface area (Å²) in [5.74, 6) is -1.41. The van der Waals surface area contributed by atoms with E-state index in [0.717, 1.165) is 12.1 Å². The first-order chi connectivity index (χ1) is 9.24. The van der Waals surface area contributed by atoms with Crippen LogP contribution in [0.25, 0.3) is 22.8 Å². The zero-order valence-electron chi connectivity index (χ0n) is 9.96. The maximum atomic E-state index is 13.1. The number of rotatable bonds is 2. The van der Waals surface area contributed by atoms with Gasteiger partial charge in [0.05, 0.1) is 5.56 Å². The van der Waals surface area contributed by atoms with Crippen molar-refractivity contribution in [2.45, 2.75) is 0 Å². The Bertz CT molecular complexity index is 719. The second kappa shape index (κ2) is 5.75. The first-order valence-corrected chi connectivity index (χ1v) is 5.43. The van der Waals surface area contributed by atoms with E-state index in [9.17, 15) is 8.78 Å². The van der Waals surface area contributed by atoms with E-state index >= 15 is 0 Å². The van der Waals surface area contributed by atoms with Crippen LogP contribution in [0, 0.1) is 11.6 Å². The Morgan fingerprint density at radius 3 is 2.55 bits per heavy atom. The molecule has 2 heterocycles. The van der Waals surface area contributed by atoms with Crippen molar-refractivity contribution in [1.82, 2.24) is 15.1 Å². The minimum absolute atomic E-state index is 0. The normalized spacial score (nSPS) is 10.1. The number of benzene rings is 1. The minimum atomic E-state index is -0.953. The maximum absolute atomic E-state index is 13.1. The van der Waals surface area contributed by atoms with Gasteiger partial charge >= 0.3 is 0 Å². The van der Waals surface area contributed by atoms with Crippen LogP contribution in [0.3, 0.4) is 0 Å². The average molecular weight is 296 g/mol. The molecule has 1 aromatic carbocycles. The SMILES string of the molecule is Cl.Fc1ccc(-c2noc(-c3cccnc3)n2)cc1F. The lowest BCUT2D eigenvalue weighted by atomic mass is 10.2. The van der Waals surface area contributed by atoms with E-state index in [4.69, 9.17) is 4.52 Å². The molecule has 0 bridgehead atoms. The third-order valence-electron chi connectivity index (χ3n) is 2.51. The maximum Gasteiger partial charge on any atom is 0.259 e. The van der Waals surface area contributed by atoms with Crippen molar-refractivity contribution < 1.29 is 13.3 Å². The van der Waals surface area contributed by atoms with Gasteiger partial charge in [-0.15, -0.1) is 12.4 Å². The van der Waals surface area contributed by atoms with Crippen molar-refractivity contribution in [2.75, 3.05) is 0 Å². The Balaban J connectivity index is 0.00000147. The Morgan fingerprint density at radius 1 is 1.00 bits per heavy atom. The highest BCUT2D eigenvalue weighted by molar-refractivity contribution is 5.85. The van der Waals surface area contributed by atoms with E-state index in [1.165, 1.54) is 6.07 Å². The number of hydrogen-bond donors (Lipinski definition) is 0. The summed E-state index contributed by atoms with van der Waals surface area (Å²) in [5.41, 5.74) is 1.00. The van der Waals surface area contributed by atoms with Gasteiger partial charge in [0, 0.05) is 18.0 Å². The van der Waals surface area contributed by atoms with Gasteiger partial charge in [-0.05, 0) is 30.3 Å². The average Bonchev–Trinajstić information content (AvgIpc) is 2.93. The molecule has 4 nitrogen and oxygen atoms in total. The van der Waals surface area contributed by atoms with Gasteiger partial charge in [-0.1, -0.05) is 5.16 Å². The number of pyridine rings is 1. The molecule has 0 amide bonds. The van der Waals surface area contributed by atoms with E-state index < -0.39 is 11.6 Å². The second-order valence-electron chi connectivity index (χ2n) is 3.79. The third kappa shape index (κ3) is 2.65. The monoisotopic (exact) mass is 295 g/mol. The molecule has 0 fully saturated rings. The van der Waals surface area contributed by atoms with Crippen molar-refractivity contribution in [2.24, 2.45) is 0 Å². The Labute approximate surface area is 118 Å². The molecule has 0 saturated heterocycles. The van der Waals surface area contributed by atoms with Crippen LogP contribution >= 0.6 is 12.4 Å². The quantitative estimate of drug-likeness (QED) is 0.726. The van der Waals surface area contributed by atoms with Crippen LogP contribution in [0.1, 0.15) is 0 Å². The van der Waals surface area contributed by atoms with E-state index in [1.54, 1.807) is 24.5 Å². The van der Waals surface area contributed by atoms with Crippen LogP contribution in [-0.2, 0) is 0 Å². The number of hydrogen-bond acceptors (Lipinski definition) is 4. The molecular weight excluding hydrogens is 288 g/mol.